The van der Waals surface area contributed by atoms with E-state index in [1.165, 1.54) is 12.8 Å². The van der Waals surface area contributed by atoms with Crippen LogP contribution in [0.1, 0.15) is 51.2 Å². The average molecular weight is 391 g/mol. The molecule has 152 valence electrons. The molecule has 0 aromatic heterocycles. The molecule has 0 bridgehead atoms. The third kappa shape index (κ3) is 6.48. The van der Waals surface area contributed by atoms with Crippen LogP contribution in [0.3, 0.4) is 0 Å². The second-order valence-corrected chi connectivity index (χ2v) is 8.29. The van der Waals surface area contributed by atoms with Gasteiger partial charge in [-0.2, -0.15) is 0 Å². The molecule has 0 radical (unpaired) electrons. The highest BCUT2D eigenvalue weighted by Crippen LogP contribution is 2.35. The molecule has 0 unspecified atom stereocenters. The molecule has 3 heteroatoms. The number of ether oxygens (including phenoxy) is 2. The van der Waals surface area contributed by atoms with E-state index in [1.54, 1.807) is 12.1 Å². The molecule has 3 nitrogen and oxygen atoms in total. The molecule has 29 heavy (non-hydrogen) atoms. The Balaban J connectivity index is 1.51. The molecule has 0 saturated heterocycles. The quantitative estimate of drug-likeness (QED) is 0.386. The van der Waals surface area contributed by atoms with Crippen LogP contribution >= 0.6 is 0 Å². The van der Waals surface area contributed by atoms with E-state index in [4.69, 9.17) is 9.47 Å². The van der Waals surface area contributed by atoms with Crippen molar-refractivity contribution in [2.75, 3.05) is 6.61 Å². The first-order chi connectivity index (χ1) is 14.0. The molecular weight excluding hydrogens is 360 g/mol. The fraction of sp³-hybridized carbons (Fsp3) is 0.423. The number of hydrogen-bond acceptors (Lipinski definition) is 3. The molecule has 1 aliphatic carbocycles. The topological polar surface area (TPSA) is 35.5 Å². The van der Waals surface area contributed by atoms with Gasteiger partial charge in [0.05, 0.1) is 6.10 Å². The van der Waals surface area contributed by atoms with Crippen LogP contribution in [0, 0.1) is 29.6 Å². The van der Waals surface area contributed by atoms with E-state index in [0.29, 0.717) is 23.5 Å². The Hall–Kier alpha value is -2.57. The van der Waals surface area contributed by atoms with Crippen molar-refractivity contribution in [3.63, 3.8) is 0 Å². The molecule has 1 fully saturated rings. The van der Waals surface area contributed by atoms with E-state index < -0.39 is 0 Å². The monoisotopic (exact) mass is 390 g/mol. The van der Waals surface area contributed by atoms with Gasteiger partial charge in [0, 0.05) is 11.1 Å². The van der Waals surface area contributed by atoms with Gasteiger partial charge in [-0.3, -0.25) is 0 Å². The second kappa shape index (κ2) is 10.3. The maximum absolute atomic E-state index is 12.2. The van der Waals surface area contributed by atoms with Crippen LogP contribution in [0.2, 0.25) is 0 Å². The summed E-state index contributed by atoms with van der Waals surface area (Å²) in [4.78, 5) is 12.2. The van der Waals surface area contributed by atoms with E-state index in [9.17, 15) is 4.79 Å². The van der Waals surface area contributed by atoms with E-state index in [2.05, 4.69) is 32.6 Å². The van der Waals surface area contributed by atoms with Crippen LogP contribution in [0.15, 0.2) is 54.6 Å². The molecule has 1 aliphatic rings. The van der Waals surface area contributed by atoms with Gasteiger partial charge < -0.3 is 9.47 Å². The third-order valence-corrected chi connectivity index (χ3v) is 5.59. The largest absolute Gasteiger partial charge is 0.425 e. The number of rotatable bonds is 5. The minimum atomic E-state index is -0.353. The van der Waals surface area contributed by atoms with Crippen molar-refractivity contribution < 1.29 is 14.3 Å². The summed E-state index contributed by atoms with van der Waals surface area (Å²) in [6, 6.07) is 17.1. The van der Waals surface area contributed by atoms with E-state index in [-0.39, 0.29) is 18.7 Å². The smallest absolute Gasteiger partial charge is 0.337 e. The van der Waals surface area contributed by atoms with Crippen LogP contribution in [0.25, 0.3) is 0 Å². The van der Waals surface area contributed by atoms with Crippen molar-refractivity contribution in [2.45, 2.75) is 46.1 Å². The first kappa shape index (κ1) is 21.1. The van der Waals surface area contributed by atoms with Crippen molar-refractivity contribution >= 4 is 5.97 Å². The SMILES string of the molecule is CC(C)[C@@H]1CC[C@@H](C)C[C@H]1OCC(=O)Oc1ccc(C#Cc2ccccc2)cc1. The summed E-state index contributed by atoms with van der Waals surface area (Å²) < 4.78 is 11.4. The first-order valence-electron chi connectivity index (χ1n) is 10.5. The summed E-state index contributed by atoms with van der Waals surface area (Å²) in [5, 5.41) is 0. The van der Waals surface area contributed by atoms with Crippen molar-refractivity contribution in [3.8, 4) is 17.6 Å². The Morgan fingerprint density at radius 3 is 2.31 bits per heavy atom. The highest BCUT2D eigenvalue weighted by molar-refractivity contribution is 5.73. The lowest BCUT2D eigenvalue weighted by atomic mass is 9.75. The van der Waals surface area contributed by atoms with Gasteiger partial charge in [-0.25, -0.2) is 4.79 Å². The molecule has 0 aliphatic heterocycles. The van der Waals surface area contributed by atoms with E-state index in [1.807, 2.05) is 42.5 Å². The van der Waals surface area contributed by atoms with Gasteiger partial charge in [0.25, 0.3) is 0 Å². The fourth-order valence-corrected chi connectivity index (χ4v) is 3.91. The molecule has 0 heterocycles. The second-order valence-electron chi connectivity index (χ2n) is 8.29. The van der Waals surface area contributed by atoms with Crippen molar-refractivity contribution in [1.29, 1.82) is 0 Å². The predicted octanol–water partition coefficient (Wildman–Crippen LogP) is 5.47. The summed E-state index contributed by atoms with van der Waals surface area (Å²) >= 11 is 0. The summed E-state index contributed by atoms with van der Waals surface area (Å²) in [6.07, 6.45) is 3.57. The summed E-state index contributed by atoms with van der Waals surface area (Å²) in [5.74, 6) is 8.12. The zero-order valence-corrected chi connectivity index (χ0v) is 17.6. The number of carbonyl (C=O) groups excluding carboxylic acids is 1. The summed E-state index contributed by atoms with van der Waals surface area (Å²) in [5.41, 5.74) is 1.85. The van der Waals surface area contributed by atoms with Gasteiger partial charge in [0.2, 0.25) is 0 Å². The lowest BCUT2D eigenvalue weighted by molar-refractivity contribution is -0.145. The number of benzene rings is 2. The highest BCUT2D eigenvalue weighted by Gasteiger charge is 2.31. The summed E-state index contributed by atoms with van der Waals surface area (Å²) in [7, 11) is 0. The number of hydrogen-bond donors (Lipinski definition) is 0. The van der Waals surface area contributed by atoms with Crippen LogP contribution in [-0.4, -0.2) is 18.7 Å². The van der Waals surface area contributed by atoms with Gasteiger partial charge in [-0.15, -0.1) is 0 Å². The maximum Gasteiger partial charge on any atom is 0.337 e. The standard InChI is InChI=1S/C26H30O3/c1-19(2)24-16-9-20(3)17-25(24)28-18-26(27)29-23-14-12-22(13-15-23)11-10-21-7-5-4-6-8-21/h4-8,12-15,19-20,24-25H,9,16-18H2,1-3H3/t20-,24+,25-/m1/s1. The van der Waals surface area contributed by atoms with Crippen LogP contribution in [-0.2, 0) is 9.53 Å². The molecular formula is C26H30O3. The van der Waals surface area contributed by atoms with Gasteiger partial charge in [-0.1, -0.05) is 57.2 Å². The third-order valence-electron chi connectivity index (χ3n) is 5.59. The van der Waals surface area contributed by atoms with Crippen LogP contribution < -0.4 is 4.74 Å². The molecule has 3 rings (SSSR count). The van der Waals surface area contributed by atoms with Crippen molar-refractivity contribution in [1.82, 2.24) is 0 Å². The Morgan fingerprint density at radius 2 is 1.66 bits per heavy atom. The van der Waals surface area contributed by atoms with Crippen molar-refractivity contribution in [2.24, 2.45) is 17.8 Å². The lowest BCUT2D eigenvalue weighted by Crippen LogP contribution is -2.36. The normalized spacial score (nSPS) is 21.3. The molecule has 2 aromatic rings. The molecule has 3 atom stereocenters. The number of carbonyl (C=O) groups is 1. The molecule has 1 saturated carbocycles. The molecule has 0 spiro atoms. The average Bonchev–Trinajstić information content (AvgIpc) is 2.72. The van der Waals surface area contributed by atoms with E-state index >= 15 is 0 Å². The minimum absolute atomic E-state index is 0.00380. The molecule has 0 amide bonds. The Bertz CT molecular complexity index is 843. The van der Waals surface area contributed by atoms with Gasteiger partial charge >= 0.3 is 5.97 Å². The zero-order valence-electron chi connectivity index (χ0n) is 17.6. The highest BCUT2D eigenvalue weighted by atomic mass is 16.6. The van der Waals surface area contributed by atoms with Crippen LogP contribution in [0.4, 0.5) is 0 Å². The Labute approximate surface area is 174 Å². The fourth-order valence-electron chi connectivity index (χ4n) is 3.91. The van der Waals surface area contributed by atoms with E-state index in [0.717, 1.165) is 17.5 Å². The zero-order chi connectivity index (χ0) is 20.6. The first-order valence-corrected chi connectivity index (χ1v) is 10.5. The van der Waals surface area contributed by atoms with Crippen molar-refractivity contribution in [3.05, 3.63) is 65.7 Å². The predicted molar refractivity (Wildman–Crippen MR) is 116 cm³/mol. The van der Waals surface area contributed by atoms with Gasteiger partial charge in [0.15, 0.2) is 0 Å². The number of esters is 1. The molecule has 0 N–H and O–H groups in total. The summed E-state index contributed by atoms with van der Waals surface area (Å²) in [6.45, 7) is 6.72. The van der Waals surface area contributed by atoms with Gasteiger partial charge in [0.1, 0.15) is 12.4 Å². The lowest BCUT2D eigenvalue weighted by Gasteiger charge is -2.36. The Morgan fingerprint density at radius 1 is 1.00 bits per heavy atom. The Kier molecular flexibility index (Phi) is 7.49. The minimum Gasteiger partial charge on any atom is -0.425 e. The van der Waals surface area contributed by atoms with Gasteiger partial charge in [-0.05, 0) is 67.0 Å². The van der Waals surface area contributed by atoms with Crippen LogP contribution in [0.5, 0.6) is 5.75 Å². The molecule has 2 aromatic carbocycles. The maximum atomic E-state index is 12.2.